The number of ketones is 1. The van der Waals surface area contributed by atoms with E-state index in [1.165, 1.54) is 0 Å². The zero-order chi connectivity index (χ0) is 20.2. The first-order valence-electron chi connectivity index (χ1n) is 9.59. The second kappa shape index (κ2) is 8.64. The molecule has 2 heterocycles. The van der Waals surface area contributed by atoms with E-state index in [1.807, 2.05) is 61.5 Å². The minimum atomic E-state index is -0.0681. The maximum absolute atomic E-state index is 12.6. The molecule has 1 fully saturated rings. The van der Waals surface area contributed by atoms with Crippen molar-refractivity contribution in [1.82, 2.24) is 9.78 Å². The molecule has 3 aromatic rings. The van der Waals surface area contributed by atoms with Crippen LogP contribution < -0.4 is 4.90 Å². The van der Waals surface area contributed by atoms with Gasteiger partial charge in [0, 0.05) is 29.9 Å². The molecule has 0 bridgehead atoms. The molecule has 5 nitrogen and oxygen atoms in total. The normalized spacial score (nSPS) is 14.5. The van der Waals surface area contributed by atoms with E-state index in [2.05, 4.69) is 10.00 Å². The third-order valence-corrected chi connectivity index (χ3v) is 5.34. The molecule has 1 aliphatic rings. The van der Waals surface area contributed by atoms with Gasteiger partial charge in [-0.25, -0.2) is 4.68 Å². The van der Waals surface area contributed by atoms with Gasteiger partial charge in [-0.05, 0) is 55.5 Å². The number of para-hydroxylation sites is 1. The quantitative estimate of drug-likeness (QED) is 0.459. The van der Waals surface area contributed by atoms with E-state index in [9.17, 15) is 4.79 Å². The van der Waals surface area contributed by atoms with E-state index in [4.69, 9.17) is 16.3 Å². The summed E-state index contributed by atoms with van der Waals surface area (Å²) in [7, 11) is 0. The molecule has 0 spiro atoms. The van der Waals surface area contributed by atoms with Crippen molar-refractivity contribution in [2.24, 2.45) is 0 Å². The van der Waals surface area contributed by atoms with Gasteiger partial charge in [0.15, 0.2) is 5.78 Å². The number of allylic oxidation sites excluding steroid dienone is 1. The Balaban J connectivity index is 1.50. The first-order chi connectivity index (χ1) is 14.1. The number of anilines is 1. The van der Waals surface area contributed by atoms with Crippen molar-refractivity contribution in [3.05, 3.63) is 82.6 Å². The average molecular weight is 408 g/mol. The Morgan fingerprint density at radius 2 is 1.72 bits per heavy atom. The highest BCUT2D eigenvalue weighted by Gasteiger charge is 2.14. The number of carbonyl (C=O) groups excluding carboxylic acids is 1. The summed E-state index contributed by atoms with van der Waals surface area (Å²) >= 11 is 6.52. The number of morpholine rings is 1. The van der Waals surface area contributed by atoms with Crippen molar-refractivity contribution >= 4 is 29.1 Å². The summed E-state index contributed by atoms with van der Waals surface area (Å²) in [4.78, 5) is 14.9. The number of halogens is 1. The van der Waals surface area contributed by atoms with Gasteiger partial charge < -0.3 is 9.64 Å². The molecule has 6 heteroatoms. The Bertz CT molecular complexity index is 1020. The fourth-order valence-corrected chi connectivity index (χ4v) is 3.69. The van der Waals surface area contributed by atoms with Gasteiger partial charge in [-0.1, -0.05) is 29.8 Å². The number of benzene rings is 2. The van der Waals surface area contributed by atoms with Crippen LogP contribution in [-0.4, -0.2) is 41.9 Å². The van der Waals surface area contributed by atoms with Crippen molar-refractivity contribution in [3.63, 3.8) is 0 Å². The van der Waals surface area contributed by atoms with E-state index in [0.717, 1.165) is 48.9 Å². The van der Waals surface area contributed by atoms with Crippen LogP contribution in [0.4, 0.5) is 5.69 Å². The number of nitrogens with zero attached hydrogens (tertiary/aromatic N) is 3. The summed E-state index contributed by atoms with van der Waals surface area (Å²) in [6.45, 7) is 5.10. The summed E-state index contributed by atoms with van der Waals surface area (Å²) in [6.07, 6.45) is 3.29. The number of aromatic nitrogens is 2. The smallest absolute Gasteiger partial charge is 0.185 e. The predicted octanol–water partition coefficient (Wildman–Crippen LogP) is 4.57. The highest BCUT2D eigenvalue weighted by atomic mass is 35.5. The molecule has 0 N–H and O–H groups in total. The fourth-order valence-electron chi connectivity index (χ4n) is 3.35. The lowest BCUT2D eigenvalue weighted by Gasteiger charge is -2.28. The second-order valence-electron chi connectivity index (χ2n) is 6.88. The highest BCUT2D eigenvalue weighted by Crippen LogP contribution is 2.25. The van der Waals surface area contributed by atoms with Gasteiger partial charge >= 0.3 is 0 Å². The Kier molecular flexibility index (Phi) is 5.79. The average Bonchev–Trinajstić information content (AvgIpc) is 3.07. The van der Waals surface area contributed by atoms with Gasteiger partial charge in [0.25, 0.3) is 0 Å². The summed E-state index contributed by atoms with van der Waals surface area (Å²) in [5.74, 6) is -0.0681. The summed E-state index contributed by atoms with van der Waals surface area (Å²) in [6, 6.07) is 17.4. The minimum absolute atomic E-state index is 0.0681. The molecule has 1 aromatic heterocycles. The van der Waals surface area contributed by atoms with Crippen LogP contribution in [0.2, 0.25) is 5.15 Å². The van der Waals surface area contributed by atoms with Gasteiger partial charge in [0.05, 0.1) is 24.6 Å². The van der Waals surface area contributed by atoms with Crippen molar-refractivity contribution in [1.29, 1.82) is 0 Å². The molecule has 0 aliphatic carbocycles. The van der Waals surface area contributed by atoms with Crippen LogP contribution in [0.3, 0.4) is 0 Å². The van der Waals surface area contributed by atoms with E-state index < -0.39 is 0 Å². The van der Waals surface area contributed by atoms with Gasteiger partial charge in [0.2, 0.25) is 0 Å². The topological polar surface area (TPSA) is 47.4 Å². The number of ether oxygens (including phenoxy) is 1. The van der Waals surface area contributed by atoms with Gasteiger partial charge in [-0.3, -0.25) is 4.79 Å². The van der Waals surface area contributed by atoms with Gasteiger partial charge in [-0.15, -0.1) is 0 Å². The van der Waals surface area contributed by atoms with Crippen molar-refractivity contribution in [3.8, 4) is 5.69 Å². The largest absolute Gasteiger partial charge is 0.378 e. The molecule has 0 unspecified atom stereocenters. The molecule has 4 rings (SSSR count). The lowest BCUT2D eigenvalue weighted by molar-refractivity contribution is 0.104. The maximum atomic E-state index is 12.6. The van der Waals surface area contributed by atoms with E-state index in [0.29, 0.717) is 10.7 Å². The molecular formula is C23H22ClN3O2. The number of rotatable bonds is 5. The van der Waals surface area contributed by atoms with Gasteiger partial charge in [0.1, 0.15) is 5.15 Å². The molecule has 2 aromatic carbocycles. The molecule has 148 valence electrons. The van der Waals surface area contributed by atoms with E-state index >= 15 is 0 Å². The standard InChI is InChI=1S/C23H22ClN3O2/c1-17-21(23(24)27(25-17)20-5-3-2-4-6-20)11-12-22(28)18-7-9-19(10-8-18)26-13-15-29-16-14-26/h2-12H,13-16H2,1H3. The van der Waals surface area contributed by atoms with Gasteiger partial charge in [-0.2, -0.15) is 5.10 Å². The highest BCUT2D eigenvalue weighted by molar-refractivity contribution is 6.31. The second-order valence-corrected chi connectivity index (χ2v) is 7.24. The Morgan fingerprint density at radius 1 is 1.03 bits per heavy atom. The lowest BCUT2D eigenvalue weighted by atomic mass is 10.1. The molecule has 0 amide bonds. The Hall–Kier alpha value is -2.89. The summed E-state index contributed by atoms with van der Waals surface area (Å²) in [5, 5.41) is 4.99. The van der Waals surface area contributed by atoms with Crippen LogP contribution in [0.5, 0.6) is 0 Å². The molecule has 0 radical (unpaired) electrons. The monoisotopic (exact) mass is 407 g/mol. The number of hydrogen-bond donors (Lipinski definition) is 0. The van der Waals surface area contributed by atoms with E-state index in [-0.39, 0.29) is 5.78 Å². The van der Waals surface area contributed by atoms with Crippen molar-refractivity contribution in [2.75, 3.05) is 31.2 Å². The summed E-state index contributed by atoms with van der Waals surface area (Å²) < 4.78 is 7.06. The predicted molar refractivity (Wildman–Crippen MR) is 116 cm³/mol. The van der Waals surface area contributed by atoms with Crippen LogP contribution in [0.25, 0.3) is 11.8 Å². The molecule has 1 aliphatic heterocycles. The van der Waals surface area contributed by atoms with Crippen LogP contribution in [0, 0.1) is 6.92 Å². The molecule has 29 heavy (non-hydrogen) atoms. The van der Waals surface area contributed by atoms with Crippen LogP contribution in [0.1, 0.15) is 21.6 Å². The Morgan fingerprint density at radius 3 is 2.41 bits per heavy atom. The third-order valence-electron chi connectivity index (χ3n) is 4.98. The third kappa shape index (κ3) is 4.26. The SMILES string of the molecule is Cc1nn(-c2ccccc2)c(Cl)c1C=CC(=O)c1ccc(N2CCOCC2)cc1. The number of hydrogen-bond acceptors (Lipinski definition) is 4. The molecular weight excluding hydrogens is 386 g/mol. The number of aryl methyl sites for hydroxylation is 1. The summed E-state index contributed by atoms with van der Waals surface area (Å²) in [5.41, 5.74) is 4.14. The van der Waals surface area contributed by atoms with Crippen molar-refractivity contribution < 1.29 is 9.53 Å². The molecule has 1 saturated heterocycles. The zero-order valence-corrected chi connectivity index (χ0v) is 17.0. The zero-order valence-electron chi connectivity index (χ0n) is 16.2. The maximum Gasteiger partial charge on any atom is 0.185 e. The Labute approximate surface area is 175 Å². The molecule has 0 saturated carbocycles. The molecule has 0 atom stereocenters. The van der Waals surface area contributed by atoms with E-state index in [1.54, 1.807) is 16.8 Å². The van der Waals surface area contributed by atoms with Crippen LogP contribution >= 0.6 is 11.6 Å². The minimum Gasteiger partial charge on any atom is -0.378 e. The first kappa shape index (κ1) is 19.4. The first-order valence-corrected chi connectivity index (χ1v) is 9.97. The number of carbonyl (C=O) groups is 1. The fraction of sp³-hybridized carbons (Fsp3) is 0.217. The van der Waals surface area contributed by atoms with Crippen LogP contribution in [0.15, 0.2) is 60.7 Å². The van der Waals surface area contributed by atoms with Crippen molar-refractivity contribution in [2.45, 2.75) is 6.92 Å². The lowest BCUT2D eigenvalue weighted by Crippen LogP contribution is -2.36. The van der Waals surface area contributed by atoms with Crippen LogP contribution in [-0.2, 0) is 4.74 Å².